The molecule has 0 aliphatic carbocycles. The third-order valence-electron chi connectivity index (χ3n) is 2.19. The van der Waals surface area contributed by atoms with Crippen molar-refractivity contribution >= 4 is 5.84 Å². The molecule has 1 aromatic rings. The summed E-state index contributed by atoms with van der Waals surface area (Å²) in [5.74, 6) is 1.70. The van der Waals surface area contributed by atoms with Crippen molar-refractivity contribution in [2.75, 3.05) is 13.1 Å². The standard InChI is InChI=1S/C12H14N2O/c1-2-11(12-13-8-9-14-12)15-10-6-4-3-5-7-10/h2-7,11H,1,8-9H2,(H,13,14). The average Bonchev–Trinajstić information content (AvgIpc) is 2.81. The largest absolute Gasteiger partial charge is 0.478 e. The first-order chi connectivity index (χ1) is 7.40. The normalized spacial score (nSPS) is 16.4. The van der Waals surface area contributed by atoms with Gasteiger partial charge in [-0.15, -0.1) is 0 Å². The van der Waals surface area contributed by atoms with Gasteiger partial charge < -0.3 is 10.1 Å². The fraction of sp³-hybridized carbons (Fsp3) is 0.250. The first kappa shape index (κ1) is 9.77. The Bertz CT molecular complexity index is 359. The van der Waals surface area contributed by atoms with E-state index in [2.05, 4.69) is 16.9 Å². The lowest BCUT2D eigenvalue weighted by molar-refractivity contribution is 0.310. The summed E-state index contributed by atoms with van der Waals surface area (Å²) in [4.78, 5) is 4.31. The van der Waals surface area contributed by atoms with E-state index in [-0.39, 0.29) is 6.10 Å². The van der Waals surface area contributed by atoms with E-state index < -0.39 is 0 Å². The molecule has 1 unspecified atom stereocenters. The summed E-state index contributed by atoms with van der Waals surface area (Å²) >= 11 is 0. The number of para-hydroxylation sites is 1. The monoisotopic (exact) mass is 202 g/mol. The highest BCUT2D eigenvalue weighted by atomic mass is 16.5. The van der Waals surface area contributed by atoms with Gasteiger partial charge in [-0.1, -0.05) is 24.8 Å². The van der Waals surface area contributed by atoms with Gasteiger partial charge in [0.1, 0.15) is 11.6 Å². The number of rotatable bonds is 4. The van der Waals surface area contributed by atoms with Crippen LogP contribution in [0.25, 0.3) is 0 Å². The molecule has 0 saturated heterocycles. The van der Waals surface area contributed by atoms with Crippen LogP contribution < -0.4 is 10.1 Å². The Labute approximate surface area is 89.5 Å². The van der Waals surface area contributed by atoms with Crippen LogP contribution in [0.1, 0.15) is 0 Å². The molecule has 3 heteroatoms. The van der Waals surface area contributed by atoms with Crippen LogP contribution in [-0.4, -0.2) is 25.0 Å². The molecule has 0 amide bonds. The molecule has 0 saturated carbocycles. The molecule has 0 fully saturated rings. The maximum absolute atomic E-state index is 5.74. The van der Waals surface area contributed by atoms with E-state index in [9.17, 15) is 0 Å². The Morgan fingerprint density at radius 2 is 2.20 bits per heavy atom. The minimum atomic E-state index is -0.171. The molecular weight excluding hydrogens is 188 g/mol. The molecule has 1 atom stereocenters. The fourth-order valence-electron chi connectivity index (χ4n) is 1.47. The zero-order valence-electron chi connectivity index (χ0n) is 8.52. The molecule has 1 aromatic carbocycles. The number of nitrogens with one attached hydrogen (secondary N) is 1. The van der Waals surface area contributed by atoms with Gasteiger partial charge in [0.15, 0.2) is 6.10 Å². The van der Waals surface area contributed by atoms with Crippen LogP contribution >= 0.6 is 0 Å². The van der Waals surface area contributed by atoms with E-state index in [1.54, 1.807) is 6.08 Å². The number of amidine groups is 1. The highest BCUT2D eigenvalue weighted by molar-refractivity contribution is 5.89. The second-order valence-corrected chi connectivity index (χ2v) is 3.28. The van der Waals surface area contributed by atoms with Crippen molar-refractivity contribution in [3.05, 3.63) is 43.0 Å². The van der Waals surface area contributed by atoms with E-state index >= 15 is 0 Å². The minimum absolute atomic E-state index is 0.171. The lowest BCUT2D eigenvalue weighted by atomic mass is 10.3. The third-order valence-corrected chi connectivity index (χ3v) is 2.19. The minimum Gasteiger partial charge on any atom is -0.478 e. The average molecular weight is 202 g/mol. The van der Waals surface area contributed by atoms with Crippen LogP contribution in [0, 0.1) is 0 Å². The summed E-state index contributed by atoms with van der Waals surface area (Å²) < 4.78 is 5.74. The van der Waals surface area contributed by atoms with E-state index in [4.69, 9.17) is 4.74 Å². The summed E-state index contributed by atoms with van der Waals surface area (Å²) in [5.41, 5.74) is 0. The van der Waals surface area contributed by atoms with Crippen molar-refractivity contribution in [2.45, 2.75) is 6.10 Å². The van der Waals surface area contributed by atoms with Crippen molar-refractivity contribution in [2.24, 2.45) is 4.99 Å². The van der Waals surface area contributed by atoms with E-state index in [0.29, 0.717) is 0 Å². The first-order valence-electron chi connectivity index (χ1n) is 5.02. The zero-order valence-corrected chi connectivity index (χ0v) is 8.52. The number of nitrogens with zero attached hydrogens (tertiary/aromatic N) is 1. The van der Waals surface area contributed by atoms with Crippen LogP contribution in [0.5, 0.6) is 5.75 Å². The molecule has 78 valence electrons. The van der Waals surface area contributed by atoms with E-state index in [1.807, 2.05) is 30.3 Å². The van der Waals surface area contributed by atoms with E-state index in [1.165, 1.54) is 0 Å². The second kappa shape index (κ2) is 4.64. The Kier molecular flexibility index (Phi) is 3.02. The summed E-state index contributed by atoms with van der Waals surface area (Å²) in [7, 11) is 0. The predicted octanol–water partition coefficient (Wildman–Crippen LogP) is 1.62. The van der Waals surface area contributed by atoms with Gasteiger partial charge in [0.05, 0.1) is 6.54 Å². The Morgan fingerprint density at radius 3 is 2.80 bits per heavy atom. The van der Waals surface area contributed by atoms with Crippen LogP contribution in [0.4, 0.5) is 0 Å². The maximum Gasteiger partial charge on any atom is 0.173 e. The van der Waals surface area contributed by atoms with Crippen LogP contribution in [0.2, 0.25) is 0 Å². The van der Waals surface area contributed by atoms with Crippen LogP contribution in [0.3, 0.4) is 0 Å². The zero-order chi connectivity index (χ0) is 10.5. The van der Waals surface area contributed by atoms with Crippen molar-refractivity contribution < 1.29 is 4.74 Å². The molecule has 2 rings (SSSR count). The second-order valence-electron chi connectivity index (χ2n) is 3.28. The maximum atomic E-state index is 5.74. The van der Waals surface area contributed by atoms with Crippen molar-refractivity contribution in [3.63, 3.8) is 0 Å². The number of hydrogen-bond donors (Lipinski definition) is 1. The van der Waals surface area contributed by atoms with Crippen molar-refractivity contribution in [1.29, 1.82) is 0 Å². The molecule has 0 bridgehead atoms. The van der Waals surface area contributed by atoms with Gasteiger partial charge in [0.25, 0.3) is 0 Å². The number of benzene rings is 1. The highest BCUT2D eigenvalue weighted by Gasteiger charge is 2.16. The van der Waals surface area contributed by atoms with Crippen LogP contribution in [0.15, 0.2) is 48.0 Å². The lowest BCUT2D eigenvalue weighted by Crippen LogP contribution is -2.34. The molecule has 1 N–H and O–H groups in total. The Morgan fingerprint density at radius 1 is 1.40 bits per heavy atom. The topological polar surface area (TPSA) is 33.6 Å². The fourth-order valence-corrected chi connectivity index (χ4v) is 1.47. The summed E-state index contributed by atoms with van der Waals surface area (Å²) in [5, 5.41) is 3.18. The number of aliphatic imine (C=N–C) groups is 1. The van der Waals surface area contributed by atoms with Crippen molar-refractivity contribution in [1.82, 2.24) is 5.32 Å². The molecule has 0 radical (unpaired) electrons. The summed E-state index contributed by atoms with van der Waals surface area (Å²) in [6.07, 6.45) is 1.58. The van der Waals surface area contributed by atoms with Gasteiger partial charge in [-0.2, -0.15) is 0 Å². The Hall–Kier alpha value is -1.77. The molecule has 1 heterocycles. The van der Waals surface area contributed by atoms with Gasteiger partial charge in [0.2, 0.25) is 0 Å². The molecule has 1 aliphatic rings. The lowest BCUT2D eigenvalue weighted by Gasteiger charge is -2.15. The highest BCUT2D eigenvalue weighted by Crippen LogP contribution is 2.12. The van der Waals surface area contributed by atoms with Gasteiger partial charge in [-0.25, -0.2) is 0 Å². The smallest absolute Gasteiger partial charge is 0.173 e. The number of hydrogen-bond acceptors (Lipinski definition) is 3. The Balaban J connectivity index is 2.05. The predicted molar refractivity (Wildman–Crippen MR) is 61.4 cm³/mol. The quantitative estimate of drug-likeness (QED) is 0.753. The summed E-state index contributed by atoms with van der Waals surface area (Å²) in [6, 6.07) is 9.69. The molecule has 3 nitrogen and oxygen atoms in total. The first-order valence-corrected chi connectivity index (χ1v) is 5.02. The van der Waals surface area contributed by atoms with Crippen molar-refractivity contribution in [3.8, 4) is 5.75 Å². The SMILES string of the molecule is C=CC(Oc1ccccc1)C1=NCCN1. The van der Waals surface area contributed by atoms with Gasteiger partial charge >= 0.3 is 0 Å². The van der Waals surface area contributed by atoms with Gasteiger partial charge in [-0.3, -0.25) is 4.99 Å². The molecule has 15 heavy (non-hydrogen) atoms. The van der Waals surface area contributed by atoms with Crippen LogP contribution in [-0.2, 0) is 0 Å². The van der Waals surface area contributed by atoms with Gasteiger partial charge in [-0.05, 0) is 18.2 Å². The van der Waals surface area contributed by atoms with Gasteiger partial charge in [0, 0.05) is 6.54 Å². The summed E-state index contributed by atoms with van der Waals surface area (Å²) in [6.45, 7) is 5.46. The molecule has 1 aliphatic heterocycles. The third kappa shape index (κ3) is 2.37. The molecule has 0 aromatic heterocycles. The number of ether oxygens (including phenoxy) is 1. The van der Waals surface area contributed by atoms with E-state index in [0.717, 1.165) is 24.7 Å². The molecular formula is C12H14N2O. The molecule has 0 spiro atoms.